The molecule has 0 unspecified atom stereocenters. The maximum atomic E-state index is 11.7. The third-order valence-corrected chi connectivity index (χ3v) is 3.14. The average molecular weight is 242 g/mol. The molecule has 1 aromatic rings. The highest BCUT2D eigenvalue weighted by Crippen LogP contribution is 2.18. The summed E-state index contributed by atoms with van der Waals surface area (Å²) < 4.78 is 0. The molecule has 4 nitrogen and oxygen atoms in total. The summed E-state index contributed by atoms with van der Waals surface area (Å²) in [6, 6.07) is 0. The van der Waals surface area contributed by atoms with E-state index in [2.05, 4.69) is 10.3 Å². The Morgan fingerprint density at radius 2 is 2.31 bits per heavy atom. The summed E-state index contributed by atoms with van der Waals surface area (Å²) >= 11 is 1.46. The van der Waals surface area contributed by atoms with Crippen LogP contribution in [-0.4, -0.2) is 29.1 Å². The predicted molar refractivity (Wildman–Crippen MR) is 64.7 cm³/mol. The number of carbonyl (C=O) groups excluding carboxylic acids is 1. The standard InChI is InChI=1S/C11H18N2O2S/c1-8-13-9(6-16-8)10(15)12-7-11(2,3)4-5-14/h6,14H,4-5,7H2,1-3H3,(H,12,15). The zero-order chi connectivity index (χ0) is 12.2. The van der Waals surface area contributed by atoms with Crippen molar-refractivity contribution < 1.29 is 9.90 Å². The topological polar surface area (TPSA) is 62.2 Å². The largest absolute Gasteiger partial charge is 0.396 e. The van der Waals surface area contributed by atoms with Crippen LogP contribution < -0.4 is 5.32 Å². The van der Waals surface area contributed by atoms with E-state index in [1.165, 1.54) is 11.3 Å². The fraction of sp³-hybridized carbons (Fsp3) is 0.636. The average Bonchev–Trinajstić information content (AvgIpc) is 2.61. The van der Waals surface area contributed by atoms with E-state index < -0.39 is 0 Å². The van der Waals surface area contributed by atoms with Crippen molar-refractivity contribution >= 4 is 17.2 Å². The number of nitrogens with zero attached hydrogens (tertiary/aromatic N) is 1. The van der Waals surface area contributed by atoms with E-state index in [0.717, 1.165) is 5.01 Å². The lowest BCUT2D eigenvalue weighted by Crippen LogP contribution is -2.34. The lowest BCUT2D eigenvalue weighted by Gasteiger charge is -2.23. The molecule has 0 radical (unpaired) electrons. The van der Waals surface area contributed by atoms with Crippen LogP contribution in [-0.2, 0) is 0 Å². The number of hydrogen-bond donors (Lipinski definition) is 2. The van der Waals surface area contributed by atoms with Crippen LogP contribution in [0.2, 0.25) is 0 Å². The van der Waals surface area contributed by atoms with Gasteiger partial charge in [0.15, 0.2) is 0 Å². The van der Waals surface area contributed by atoms with E-state index >= 15 is 0 Å². The summed E-state index contributed by atoms with van der Waals surface area (Å²) in [6.45, 7) is 6.57. The number of aliphatic hydroxyl groups is 1. The van der Waals surface area contributed by atoms with Gasteiger partial charge < -0.3 is 10.4 Å². The van der Waals surface area contributed by atoms with Gasteiger partial charge in [0, 0.05) is 18.5 Å². The molecular weight excluding hydrogens is 224 g/mol. The lowest BCUT2D eigenvalue weighted by atomic mass is 9.90. The fourth-order valence-corrected chi connectivity index (χ4v) is 1.86. The van der Waals surface area contributed by atoms with Gasteiger partial charge >= 0.3 is 0 Å². The molecule has 0 bridgehead atoms. The normalized spacial score (nSPS) is 11.5. The first kappa shape index (κ1) is 13.1. The third-order valence-electron chi connectivity index (χ3n) is 2.37. The second kappa shape index (κ2) is 5.41. The molecule has 0 spiro atoms. The van der Waals surface area contributed by atoms with Crippen molar-refractivity contribution in [3.8, 4) is 0 Å². The number of aromatic nitrogens is 1. The minimum atomic E-state index is -0.143. The molecule has 0 fully saturated rings. The van der Waals surface area contributed by atoms with Gasteiger partial charge in [0.2, 0.25) is 0 Å². The van der Waals surface area contributed by atoms with Crippen LogP contribution in [0.15, 0.2) is 5.38 Å². The Hall–Kier alpha value is -0.940. The van der Waals surface area contributed by atoms with Crippen LogP contribution in [0.25, 0.3) is 0 Å². The third kappa shape index (κ3) is 3.90. The number of hydrogen-bond acceptors (Lipinski definition) is 4. The van der Waals surface area contributed by atoms with Crippen molar-refractivity contribution in [2.75, 3.05) is 13.2 Å². The Balaban J connectivity index is 2.47. The molecule has 2 N–H and O–H groups in total. The summed E-state index contributed by atoms with van der Waals surface area (Å²) in [5.74, 6) is -0.143. The van der Waals surface area contributed by atoms with Crippen molar-refractivity contribution in [3.63, 3.8) is 0 Å². The van der Waals surface area contributed by atoms with Crippen LogP contribution in [0.1, 0.15) is 35.8 Å². The van der Waals surface area contributed by atoms with Crippen LogP contribution in [0.5, 0.6) is 0 Å². The van der Waals surface area contributed by atoms with Crippen molar-refractivity contribution in [1.82, 2.24) is 10.3 Å². The molecule has 16 heavy (non-hydrogen) atoms. The molecule has 0 aromatic carbocycles. The van der Waals surface area contributed by atoms with E-state index in [9.17, 15) is 4.79 Å². The molecule has 1 heterocycles. The quantitative estimate of drug-likeness (QED) is 0.824. The Kier molecular flexibility index (Phi) is 4.44. The lowest BCUT2D eigenvalue weighted by molar-refractivity contribution is 0.0924. The fourth-order valence-electron chi connectivity index (χ4n) is 1.27. The van der Waals surface area contributed by atoms with Crippen molar-refractivity contribution in [3.05, 3.63) is 16.1 Å². The first-order chi connectivity index (χ1) is 7.44. The van der Waals surface area contributed by atoms with Gasteiger partial charge in [-0.2, -0.15) is 0 Å². The van der Waals surface area contributed by atoms with Gasteiger partial charge in [-0.25, -0.2) is 4.98 Å². The van der Waals surface area contributed by atoms with Crippen LogP contribution in [0.3, 0.4) is 0 Å². The number of aryl methyl sites for hydroxylation is 1. The van der Waals surface area contributed by atoms with Crippen molar-refractivity contribution in [2.45, 2.75) is 27.2 Å². The van der Waals surface area contributed by atoms with E-state index in [0.29, 0.717) is 18.7 Å². The Morgan fingerprint density at radius 1 is 1.62 bits per heavy atom. The smallest absolute Gasteiger partial charge is 0.270 e. The zero-order valence-electron chi connectivity index (χ0n) is 9.91. The van der Waals surface area contributed by atoms with Gasteiger partial charge in [-0.3, -0.25) is 4.79 Å². The molecule has 0 aliphatic carbocycles. The first-order valence-electron chi connectivity index (χ1n) is 5.26. The van der Waals surface area contributed by atoms with Gasteiger partial charge in [0.05, 0.1) is 5.01 Å². The number of rotatable bonds is 5. The van der Waals surface area contributed by atoms with Gasteiger partial charge in [-0.05, 0) is 18.8 Å². The summed E-state index contributed by atoms with van der Waals surface area (Å²) in [5.41, 5.74) is 0.387. The highest BCUT2D eigenvalue weighted by molar-refractivity contribution is 7.09. The molecule has 1 rings (SSSR count). The van der Waals surface area contributed by atoms with Gasteiger partial charge in [-0.15, -0.1) is 11.3 Å². The number of aliphatic hydroxyl groups excluding tert-OH is 1. The maximum absolute atomic E-state index is 11.7. The molecule has 0 saturated heterocycles. The number of nitrogens with one attached hydrogen (secondary N) is 1. The molecule has 0 aliphatic heterocycles. The van der Waals surface area contributed by atoms with Gasteiger partial charge in [-0.1, -0.05) is 13.8 Å². The number of amides is 1. The minimum Gasteiger partial charge on any atom is -0.396 e. The molecule has 0 aliphatic rings. The van der Waals surface area contributed by atoms with E-state index in [1.54, 1.807) is 5.38 Å². The second-order valence-corrected chi connectivity index (χ2v) is 5.63. The molecule has 90 valence electrons. The highest BCUT2D eigenvalue weighted by atomic mass is 32.1. The van der Waals surface area contributed by atoms with E-state index in [1.807, 2.05) is 20.8 Å². The van der Waals surface area contributed by atoms with E-state index in [4.69, 9.17) is 5.11 Å². The Bertz CT molecular complexity index is 361. The summed E-state index contributed by atoms with van der Waals surface area (Å²) in [6.07, 6.45) is 0.670. The van der Waals surface area contributed by atoms with Crippen LogP contribution in [0, 0.1) is 12.3 Å². The Morgan fingerprint density at radius 3 is 2.81 bits per heavy atom. The van der Waals surface area contributed by atoms with Crippen molar-refractivity contribution in [2.24, 2.45) is 5.41 Å². The molecular formula is C11H18N2O2S. The monoisotopic (exact) mass is 242 g/mol. The van der Waals surface area contributed by atoms with Gasteiger partial charge in [0.25, 0.3) is 5.91 Å². The first-order valence-corrected chi connectivity index (χ1v) is 6.14. The number of carbonyl (C=O) groups is 1. The SMILES string of the molecule is Cc1nc(C(=O)NCC(C)(C)CCO)cs1. The van der Waals surface area contributed by atoms with Crippen LogP contribution >= 0.6 is 11.3 Å². The minimum absolute atomic E-state index is 0.0878. The molecule has 1 aromatic heterocycles. The summed E-state index contributed by atoms with van der Waals surface area (Å²) in [7, 11) is 0. The van der Waals surface area contributed by atoms with Crippen molar-refractivity contribution in [1.29, 1.82) is 0 Å². The Labute approximate surface area is 99.7 Å². The maximum Gasteiger partial charge on any atom is 0.270 e. The second-order valence-electron chi connectivity index (χ2n) is 4.57. The summed E-state index contributed by atoms with van der Waals surface area (Å²) in [5, 5.41) is 14.3. The summed E-state index contributed by atoms with van der Waals surface area (Å²) in [4.78, 5) is 15.8. The van der Waals surface area contributed by atoms with Gasteiger partial charge in [0.1, 0.15) is 5.69 Å². The molecule has 0 saturated carbocycles. The van der Waals surface area contributed by atoms with Crippen LogP contribution in [0.4, 0.5) is 0 Å². The molecule has 0 atom stereocenters. The predicted octanol–water partition coefficient (Wildman–Crippen LogP) is 1.59. The zero-order valence-corrected chi connectivity index (χ0v) is 10.7. The number of thiazole rings is 1. The molecule has 1 amide bonds. The molecule has 5 heteroatoms. The van der Waals surface area contributed by atoms with E-state index in [-0.39, 0.29) is 17.9 Å². The highest BCUT2D eigenvalue weighted by Gasteiger charge is 2.19.